The van der Waals surface area contributed by atoms with Crippen LogP contribution in [0, 0.1) is 5.82 Å². The molecular formula is C22H21ClFNO2S. The van der Waals surface area contributed by atoms with Crippen LogP contribution in [0.1, 0.15) is 49.8 Å². The van der Waals surface area contributed by atoms with Crippen LogP contribution >= 0.6 is 23.4 Å². The average Bonchev–Trinajstić information content (AvgIpc) is 3.16. The van der Waals surface area contributed by atoms with E-state index in [0.717, 1.165) is 32.8 Å². The highest BCUT2D eigenvalue weighted by atomic mass is 35.5. The Bertz CT molecular complexity index is 1060. The van der Waals surface area contributed by atoms with Gasteiger partial charge in [0.1, 0.15) is 5.82 Å². The SMILES string of the molecule is CC(C)c1c(F)ccc2c(Sc3ccc(Cl)cc3)c3n(c12)CCC3CC(=O)O. The van der Waals surface area contributed by atoms with Crippen LogP contribution in [0.2, 0.25) is 5.02 Å². The molecule has 146 valence electrons. The van der Waals surface area contributed by atoms with Crippen LogP contribution in [0.5, 0.6) is 0 Å². The van der Waals surface area contributed by atoms with Gasteiger partial charge in [0.2, 0.25) is 0 Å². The Labute approximate surface area is 172 Å². The summed E-state index contributed by atoms with van der Waals surface area (Å²) in [7, 11) is 0. The minimum Gasteiger partial charge on any atom is -0.481 e. The quantitative estimate of drug-likeness (QED) is 0.504. The molecule has 0 saturated heterocycles. The van der Waals surface area contributed by atoms with Gasteiger partial charge in [-0.25, -0.2) is 4.39 Å². The zero-order chi connectivity index (χ0) is 20.0. The van der Waals surface area contributed by atoms with Gasteiger partial charge in [-0.2, -0.15) is 0 Å². The van der Waals surface area contributed by atoms with E-state index >= 15 is 0 Å². The summed E-state index contributed by atoms with van der Waals surface area (Å²) >= 11 is 7.62. The maximum absolute atomic E-state index is 14.7. The molecule has 0 aliphatic carbocycles. The number of halogens is 2. The molecule has 1 unspecified atom stereocenters. The molecule has 1 aliphatic rings. The highest BCUT2D eigenvalue weighted by Crippen LogP contribution is 2.48. The van der Waals surface area contributed by atoms with Crippen LogP contribution in [0.4, 0.5) is 4.39 Å². The fourth-order valence-electron chi connectivity index (χ4n) is 4.18. The van der Waals surface area contributed by atoms with Crippen molar-refractivity contribution in [2.45, 2.75) is 54.9 Å². The van der Waals surface area contributed by atoms with E-state index in [0.29, 0.717) is 17.1 Å². The predicted molar refractivity (Wildman–Crippen MR) is 111 cm³/mol. The Morgan fingerprint density at radius 2 is 2.00 bits per heavy atom. The Hall–Kier alpha value is -1.98. The van der Waals surface area contributed by atoms with E-state index in [1.165, 1.54) is 6.07 Å². The minimum absolute atomic E-state index is 0.0367. The first-order chi connectivity index (χ1) is 13.4. The number of carbonyl (C=O) groups is 1. The first kappa shape index (κ1) is 19.3. The highest BCUT2D eigenvalue weighted by molar-refractivity contribution is 7.99. The van der Waals surface area contributed by atoms with Gasteiger partial charge in [0.15, 0.2) is 0 Å². The molecule has 1 aliphatic heterocycles. The van der Waals surface area contributed by atoms with Gasteiger partial charge >= 0.3 is 5.97 Å². The van der Waals surface area contributed by atoms with Gasteiger partial charge in [-0.1, -0.05) is 37.2 Å². The number of carboxylic acid groups (broad SMARTS) is 1. The van der Waals surface area contributed by atoms with E-state index in [9.17, 15) is 14.3 Å². The summed E-state index contributed by atoms with van der Waals surface area (Å²) in [6.07, 6.45) is 0.851. The maximum atomic E-state index is 14.7. The number of aromatic nitrogens is 1. The lowest BCUT2D eigenvalue weighted by Crippen LogP contribution is -2.04. The molecule has 0 saturated carbocycles. The number of rotatable bonds is 5. The molecule has 1 N–H and O–H groups in total. The second-order valence-electron chi connectivity index (χ2n) is 7.52. The van der Waals surface area contributed by atoms with Gasteiger partial charge in [0.05, 0.1) is 11.9 Å². The summed E-state index contributed by atoms with van der Waals surface area (Å²) < 4.78 is 16.9. The Morgan fingerprint density at radius 1 is 1.29 bits per heavy atom. The smallest absolute Gasteiger partial charge is 0.304 e. The van der Waals surface area contributed by atoms with Gasteiger partial charge in [-0.05, 0) is 48.7 Å². The molecule has 6 heteroatoms. The van der Waals surface area contributed by atoms with Gasteiger partial charge in [-0.15, -0.1) is 0 Å². The molecule has 0 bridgehead atoms. The van der Waals surface area contributed by atoms with Crippen molar-refractivity contribution < 1.29 is 14.3 Å². The monoisotopic (exact) mass is 417 g/mol. The zero-order valence-corrected chi connectivity index (χ0v) is 17.3. The van der Waals surface area contributed by atoms with Crippen molar-refractivity contribution in [1.82, 2.24) is 4.57 Å². The molecule has 0 radical (unpaired) electrons. The van der Waals surface area contributed by atoms with Gasteiger partial charge in [0.25, 0.3) is 0 Å². The molecular weight excluding hydrogens is 397 g/mol. The Balaban J connectivity index is 1.95. The van der Waals surface area contributed by atoms with Crippen LogP contribution < -0.4 is 0 Å². The van der Waals surface area contributed by atoms with Crippen LogP contribution in [0.25, 0.3) is 10.9 Å². The number of nitrogens with zero attached hydrogens (tertiary/aromatic N) is 1. The fourth-order valence-corrected chi connectivity index (χ4v) is 5.47. The standard InChI is InChI=1S/C22H21ClFNO2S/c1-12(2)19-17(24)8-7-16-21(19)25-10-9-13(11-18(26)27)20(25)22(16)28-15-5-3-14(23)4-6-15/h3-8,12-13H,9-11H2,1-2H3,(H,26,27). The maximum Gasteiger partial charge on any atom is 0.304 e. The van der Waals surface area contributed by atoms with Crippen molar-refractivity contribution in [3.05, 3.63) is 58.5 Å². The van der Waals surface area contributed by atoms with Crippen LogP contribution in [0.3, 0.4) is 0 Å². The van der Waals surface area contributed by atoms with Gasteiger partial charge in [0, 0.05) is 43.9 Å². The number of hydrogen-bond donors (Lipinski definition) is 1. The summed E-state index contributed by atoms with van der Waals surface area (Å²) in [5, 5.41) is 11.0. The number of aryl methyl sites for hydroxylation is 1. The molecule has 0 spiro atoms. The predicted octanol–water partition coefficient (Wildman–Crippen LogP) is 6.67. The minimum atomic E-state index is -0.804. The molecule has 0 amide bonds. The number of benzene rings is 2. The first-order valence-electron chi connectivity index (χ1n) is 9.36. The molecule has 28 heavy (non-hydrogen) atoms. The van der Waals surface area contributed by atoms with Crippen molar-refractivity contribution in [1.29, 1.82) is 0 Å². The number of aliphatic carboxylic acids is 1. The third kappa shape index (κ3) is 3.31. The molecule has 4 rings (SSSR count). The Morgan fingerprint density at radius 3 is 2.64 bits per heavy atom. The molecule has 2 aromatic carbocycles. The van der Waals surface area contributed by atoms with E-state index in [4.69, 9.17) is 11.6 Å². The average molecular weight is 418 g/mol. The Kier molecular flexibility index (Phi) is 5.15. The topological polar surface area (TPSA) is 42.2 Å². The van der Waals surface area contributed by atoms with Crippen LogP contribution in [-0.4, -0.2) is 15.6 Å². The fraction of sp³-hybridized carbons (Fsp3) is 0.318. The molecule has 3 nitrogen and oxygen atoms in total. The van der Waals surface area contributed by atoms with Crippen molar-refractivity contribution in [3.63, 3.8) is 0 Å². The van der Waals surface area contributed by atoms with Crippen molar-refractivity contribution in [3.8, 4) is 0 Å². The van der Waals surface area contributed by atoms with Gasteiger partial charge in [-0.3, -0.25) is 4.79 Å². The normalized spacial score (nSPS) is 16.1. The van der Waals surface area contributed by atoms with Crippen molar-refractivity contribution >= 4 is 40.2 Å². The van der Waals surface area contributed by atoms with Crippen molar-refractivity contribution in [2.24, 2.45) is 0 Å². The largest absolute Gasteiger partial charge is 0.481 e. The van der Waals surface area contributed by atoms with E-state index < -0.39 is 5.97 Å². The first-order valence-corrected chi connectivity index (χ1v) is 10.6. The van der Waals surface area contributed by atoms with E-state index in [1.807, 2.05) is 44.2 Å². The van der Waals surface area contributed by atoms with Gasteiger partial charge < -0.3 is 9.67 Å². The van der Waals surface area contributed by atoms with Crippen LogP contribution in [-0.2, 0) is 11.3 Å². The third-order valence-corrected chi connectivity index (χ3v) is 6.71. The summed E-state index contributed by atoms with van der Waals surface area (Å²) in [4.78, 5) is 13.5. The lowest BCUT2D eigenvalue weighted by Gasteiger charge is -2.12. The lowest BCUT2D eigenvalue weighted by molar-refractivity contribution is -0.137. The molecule has 1 atom stereocenters. The highest BCUT2D eigenvalue weighted by Gasteiger charge is 2.33. The van der Waals surface area contributed by atoms with Crippen molar-refractivity contribution in [2.75, 3.05) is 0 Å². The molecule has 2 heterocycles. The number of carboxylic acids is 1. The third-order valence-electron chi connectivity index (χ3n) is 5.32. The molecule has 0 fully saturated rings. The summed E-state index contributed by atoms with van der Waals surface area (Å²) in [5.74, 6) is -1.04. The summed E-state index contributed by atoms with van der Waals surface area (Å²) in [5.41, 5.74) is 2.64. The zero-order valence-electron chi connectivity index (χ0n) is 15.7. The number of hydrogen-bond acceptors (Lipinski definition) is 2. The molecule has 3 aromatic rings. The second-order valence-corrected chi connectivity index (χ2v) is 9.04. The van der Waals surface area contributed by atoms with E-state index in [2.05, 4.69) is 4.57 Å². The van der Waals surface area contributed by atoms with Crippen LogP contribution in [0.15, 0.2) is 46.2 Å². The summed E-state index contributed by atoms with van der Waals surface area (Å²) in [6, 6.07) is 11.0. The number of fused-ring (bicyclic) bond motifs is 3. The molecule has 1 aromatic heterocycles. The van der Waals surface area contributed by atoms with E-state index in [1.54, 1.807) is 11.8 Å². The summed E-state index contributed by atoms with van der Waals surface area (Å²) in [6.45, 7) is 4.70. The van der Waals surface area contributed by atoms with E-state index in [-0.39, 0.29) is 24.1 Å². The lowest BCUT2D eigenvalue weighted by atomic mass is 9.98. The second kappa shape index (κ2) is 7.45.